The summed E-state index contributed by atoms with van der Waals surface area (Å²) in [6, 6.07) is 2.85. The molecule has 0 spiro atoms. The summed E-state index contributed by atoms with van der Waals surface area (Å²) in [6.07, 6.45) is 5.21. The van der Waals surface area contributed by atoms with Gasteiger partial charge in [-0.3, -0.25) is 0 Å². The van der Waals surface area contributed by atoms with Gasteiger partial charge in [0.15, 0.2) is 0 Å². The number of nitrogens with one attached hydrogen (secondary N) is 1. The molecule has 164 valence electrons. The molecule has 6 nitrogen and oxygen atoms in total. The van der Waals surface area contributed by atoms with Crippen molar-refractivity contribution in [2.45, 2.75) is 84.6 Å². The van der Waals surface area contributed by atoms with E-state index >= 15 is 0 Å². The minimum atomic E-state index is -0.796. The Balaban J connectivity index is 1.48. The monoisotopic (exact) mass is 412 g/mol. The standard InChI is InChI=1S/C24H36N4O2/c1-15-16(2)22(27-19(18(15)11-25)12-26-13-23(3,4)29)28-9-6-21(17-10-20(17)28)30-14-24(5)7-8-24/h17,20-21,26,29H,6-10,12-14H2,1-5H3. The lowest BCUT2D eigenvalue weighted by molar-refractivity contribution is 0.00311. The fourth-order valence-electron chi connectivity index (χ4n) is 4.62. The molecular formula is C24H36N4O2. The maximum absolute atomic E-state index is 9.97. The zero-order valence-corrected chi connectivity index (χ0v) is 19.1. The van der Waals surface area contributed by atoms with E-state index in [0.717, 1.165) is 42.2 Å². The summed E-state index contributed by atoms with van der Waals surface area (Å²) >= 11 is 0. The first-order valence-electron chi connectivity index (χ1n) is 11.3. The van der Waals surface area contributed by atoms with Crippen molar-refractivity contribution in [1.29, 1.82) is 5.26 Å². The molecule has 0 amide bonds. The number of aromatic nitrogens is 1. The second kappa shape index (κ2) is 7.78. The van der Waals surface area contributed by atoms with Gasteiger partial charge in [-0.1, -0.05) is 6.92 Å². The average Bonchev–Trinajstić information content (AvgIpc) is 3.59. The quantitative estimate of drug-likeness (QED) is 0.682. The molecule has 3 aliphatic rings. The van der Waals surface area contributed by atoms with E-state index in [2.05, 4.69) is 30.1 Å². The lowest BCUT2D eigenvalue weighted by Gasteiger charge is -2.34. The van der Waals surface area contributed by atoms with Crippen LogP contribution < -0.4 is 10.2 Å². The van der Waals surface area contributed by atoms with Gasteiger partial charge < -0.3 is 20.1 Å². The van der Waals surface area contributed by atoms with Gasteiger partial charge in [-0.25, -0.2) is 4.98 Å². The SMILES string of the molecule is Cc1c(N2CCC(OCC3(C)CC3)C3CC32)nc(CNCC(C)(C)O)c(C#N)c1C. The van der Waals surface area contributed by atoms with Crippen LogP contribution in [0.25, 0.3) is 0 Å². The van der Waals surface area contributed by atoms with Crippen molar-refractivity contribution in [3.05, 3.63) is 22.4 Å². The largest absolute Gasteiger partial charge is 0.389 e. The first-order valence-corrected chi connectivity index (χ1v) is 11.3. The Morgan fingerprint density at radius 3 is 2.70 bits per heavy atom. The van der Waals surface area contributed by atoms with Crippen LogP contribution >= 0.6 is 0 Å². The van der Waals surface area contributed by atoms with E-state index in [1.807, 2.05) is 6.92 Å². The summed E-state index contributed by atoms with van der Waals surface area (Å²) in [6.45, 7) is 12.8. The third kappa shape index (κ3) is 4.49. The van der Waals surface area contributed by atoms with E-state index in [1.54, 1.807) is 13.8 Å². The number of fused-ring (bicyclic) bond motifs is 1. The third-order valence-electron chi connectivity index (χ3n) is 7.12. The highest BCUT2D eigenvalue weighted by molar-refractivity contribution is 5.58. The number of piperidine rings is 1. The smallest absolute Gasteiger partial charge is 0.132 e. The zero-order chi connectivity index (χ0) is 21.7. The van der Waals surface area contributed by atoms with Crippen molar-refractivity contribution in [1.82, 2.24) is 10.3 Å². The molecule has 1 saturated heterocycles. The molecule has 3 unspecified atom stereocenters. The van der Waals surface area contributed by atoms with Crippen molar-refractivity contribution in [2.75, 3.05) is 24.6 Å². The van der Waals surface area contributed by atoms with Crippen molar-refractivity contribution in [2.24, 2.45) is 11.3 Å². The average molecular weight is 413 g/mol. The number of nitriles is 1. The van der Waals surface area contributed by atoms with E-state index in [9.17, 15) is 10.4 Å². The summed E-state index contributed by atoms with van der Waals surface area (Å²) in [5, 5.41) is 22.9. The summed E-state index contributed by atoms with van der Waals surface area (Å²) in [7, 11) is 0. The minimum Gasteiger partial charge on any atom is -0.389 e. The van der Waals surface area contributed by atoms with Gasteiger partial charge in [0.25, 0.3) is 0 Å². The van der Waals surface area contributed by atoms with E-state index in [4.69, 9.17) is 9.72 Å². The van der Waals surface area contributed by atoms with Crippen LogP contribution in [0.1, 0.15) is 68.8 Å². The first kappa shape index (κ1) is 21.5. The molecular weight excluding hydrogens is 376 g/mol. The molecule has 2 N–H and O–H groups in total. The fraction of sp³-hybridized carbons (Fsp3) is 0.750. The van der Waals surface area contributed by atoms with Crippen LogP contribution in [0.15, 0.2) is 0 Å². The van der Waals surface area contributed by atoms with E-state index in [1.165, 1.54) is 19.3 Å². The van der Waals surface area contributed by atoms with Crippen LogP contribution in [-0.2, 0) is 11.3 Å². The number of ether oxygens (including phenoxy) is 1. The maximum Gasteiger partial charge on any atom is 0.132 e. The molecule has 0 aromatic carbocycles. The molecule has 3 atom stereocenters. The van der Waals surface area contributed by atoms with Gasteiger partial charge in [-0.2, -0.15) is 5.26 Å². The molecule has 0 bridgehead atoms. The molecule has 2 heterocycles. The topological polar surface area (TPSA) is 81.4 Å². The van der Waals surface area contributed by atoms with Crippen molar-refractivity contribution >= 4 is 5.82 Å². The van der Waals surface area contributed by atoms with Crippen LogP contribution in [0.2, 0.25) is 0 Å². The molecule has 1 aromatic rings. The molecule has 30 heavy (non-hydrogen) atoms. The number of anilines is 1. The third-order valence-corrected chi connectivity index (χ3v) is 7.12. The van der Waals surface area contributed by atoms with Crippen LogP contribution in [0.5, 0.6) is 0 Å². The predicted molar refractivity (Wildman–Crippen MR) is 117 cm³/mol. The summed E-state index contributed by atoms with van der Waals surface area (Å²) in [5.74, 6) is 1.63. The molecule has 3 fully saturated rings. The van der Waals surface area contributed by atoms with Crippen molar-refractivity contribution in [3.8, 4) is 6.07 Å². The Bertz CT molecular complexity index is 850. The Morgan fingerprint density at radius 2 is 2.07 bits per heavy atom. The number of nitrogens with zero attached hydrogens (tertiary/aromatic N) is 3. The summed E-state index contributed by atoms with van der Waals surface area (Å²) in [5.41, 5.74) is 3.19. The normalized spacial score (nSPS) is 26.8. The second-order valence-electron chi connectivity index (χ2n) is 10.6. The first-order chi connectivity index (χ1) is 14.1. The highest BCUT2D eigenvalue weighted by Crippen LogP contribution is 2.49. The Kier molecular flexibility index (Phi) is 5.59. The zero-order valence-electron chi connectivity index (χ0n) is 19.1. The lowest BCUT2D eigenvalue weighted by atomic mass is 10.0. The molecule has 1 aromatic heterocycles. The van der Waals surface area contributed by atoms with Gasteiger partial charge in [-0.05, 0) is 69.9 Å². The van der Waals surface area contributed by atoms with Crippen molar-refractivity contribution in [3.63, 3.8) is 0 Å². The van der Waals surface area contributed by atoms with Crippen molar-refractivity contribution < 1.29 is 9.84 Å². The molecule has 1 aliphatic heterocycles. The molecule has 0 radical (unpaired) electrons. The molecule has 2 saturated carbocycles. The number of hydrogen-bond acceptors (Lipinski definition) is 6. The van der Waals surface area contributed by atoms with Gasteiger partial charge in [0.1, 0.15) is 11.9 Å². The maximum atomic E-state index is 9.97. The summed E-state index contributed by atoms with van der Waals surface area (Å²) in [4.78, 5) is 7.41. The Hall–Kier alpha value is -1.68. The lowest BCUT2D eigenvalue weighted by Crippen LogP contribution is -2.40. The Labute approximate surface area is 180 Å². The number of aliphatic hydroxyl groups is 1. The summed E-state index contributed by atoms with van der Waals surface area (Å²) < 4.78 is 6.32. The molecule has 4 rings (SSSR count). The van der Waals surface area contributed by atoms with Gasteiger partial charge >= 0.3 is 0 Å². The van der Waals surface area contributed by atoms with Crippen LogP contribution in [0.4, 0.5) is 5.82 Å². The number of pyridine rings is 1. The van der Waals surface area contributed by atoms with Crippen LogP contribution in [0.3, 0.4) is 0 Å². The highest BCUT2D eigenvalue weighted by atomic mass is 16.5. The Morgan fingerprint density at radius 1 is 1.33 bits per heavy atom. The van der Waals surface area contributed by atoms with E-state index in [-0.39, 0.29) is 0 Å². The van der Waals surface area contributed by atoms with Crippen LogP contribution in [0, 0.1) is 36.5 Å². The number of hydrogen-bond donors (Lipinski definition) is 2. The van der Waals surface area contributed by atoms with E-state index in [0.29, 0.717) is 42.1 Å². The van der Waals surface area contributed by atoms with E-state index < -0.39 is 5.60 Å². The fourth-order valence-corrected chi connectivity index (χ4v) is 4.62. The van der Waals surface area contributed by atoms with Gasteiger partial charge in [0, 0.05) is 31.6 Å². The number of rotatable bonds is 8. The molecule has 6 heteroatoms. The molecule has 2 aliphatic carbocycles. The van der Waals surface area contributed by atoms with Gasteiger partial charge in [-0.15, -0.1) is 0 Å². The minimum absolute atomic E-state index is 0.386. The second-order valence-corrected chi connectivity index (χ2v) is 10.6. The van der Waals surface area contributed by atoms with Gasteiger partial charge in [0.2, 0.25) is 0 Å². The van der Waals surface area contributed by atoms with Crippen LogP contribution in [-0.4, -0.2) is 47.5 Å². The van der Waals surface area contributed by atoms with Gasteiger partial charge in [0.05, 0.1) is 29.6 Å². The predicted octanol–water partition coefficient (Wildman–Crippen LogP) is 3.21. The highest BCUT2D eigenvalue weighted by Gasteiger charge is 2.52.